The molecule has 45 heavy (non-hydrogen) atoms. The first-order valence-electron chi connectivity index (χ1n) is 15.3. The van der Waals surface area contributed by atoms with Gasteiger partial charge < -0.3 is 36.5 Å². The summed E-state index contributed by atoms with van der Waals surface area (Å²) in [7, 11) is 0. The summed E-state index contributed by atoms with van der Waals surface area (Å²) in [6.07, 6.45) is 5.76. The van der Waals surface area contributed by atoms with Crippen molar-refractivity contribution < 1.29 is 51.2 Å². The van der Waals surface area contributed by atoms with Crippen molar-refractivity contribution in [2.75, 3.05) is 5.73 Å². The number of aliphatic carboxylic acids is 1. The standard InChI is InChI=1S/C31H45N4O4.C2H4O2.Co.H2O/c1-14-9-16(3)24(17(4)10-14)30(36)38-26-20(7)22(34-28(26)32)13-23-21(8)27(29(33)35-23)39-31(37)25-18(5)11-15(2)12-19(25)6;1-2(3)4;;/h13-19,24-25H,9-12H2,1-8H3,(H4-,32,33,34,35);1H3,(H,3,4);;1H2/q-1;;;. The zero-order valence-corrected chi connectivity index (χ0v) is 28.9. The van der Waals surface area contributed by atoms with Crippen LogP contribution in [0.3, 0.4) is 0 Å². The molecule has 1 aromatic rings. The third kappa shape index (κ3) is 9.46. The Bertz CT molecular complexity index is 1310. The average Bonchev–Trinajstić information content (AvgIpc) is 3.26. The Morgan fingerprint density at radius 2 is 1.24 bits per heavy atom. The summed E-state index contributed by atoms with van der Waals surface area (Å²) in [6, 6.07) is 0. The molecule has 3 aliphatic rings. The molecule has 1 radical (unpaired) electrons. The van der Waals surface area contributed by atoms with Gasteiger partial charge in [0.2, 0.25) is 0 Å². The van der Waals surface area contributed by atoms with Gasteiger partial charge >= 0.3 is 11.9 Å². The summed E-state index contributed by atoms with van der Waals surface area (Å²) >= 11 is 0. The van der Waals surface area contributed by atoms with Crippen molar-refractivity contribution in [2.24, 2.45) is 58.1 Å². The number of nitrogen functional groups attached to an aromatic ring is 1. The molecule has 1 aliphatic heterocycles. The Labute approximate surface area is 277 Å². The normalized spacial score (nSPS) is 30.2. The third-order valence-electron chi connectivity index (χ3n) is 9.17. The number of carbonyl (C=O) groups excluding carboxylic acids is 2. The molecular weight excluding hydrogens is 623 g/mol. The van der Waals surface area contributed by atoms with Gasteiger partial charge in [-0.1, -0.05) is 41.5 Å². The van der Waals surface area contributed by atoms with Crippen LogP contribution in [-0.2, 0) is 35.9 Å². The van der Waals surface area contributed by atoms with Crippen LogP contribution in [0.4, 0.5) is 5.82 Å². The molecule has 0 saturated heterocycles. The second kappa shape index (κ2) is 16.5. The fourth-order valence-electron chi connectivity index (χ4n) is 7.52. The number of hydrogen-bond acceptors (Lipinski definition) is 8. The number of carbonyl (C=O) groups is 3. The van der Waals surface area contributed by atoms with Crippen LogP contribution in [0.25, 0.3) is 6.08 Å². The van der Waals surface area contributed by atoms with E-state index in [9.17, 15) is 9.59 Å². The van der Waals surface area contributed by atoms with Gasteiger partial charge in [-0.05, 0) is 98.2 Å². The van der Waals surface area contributed by atoms with Crippen molar-refractivity contribution >= 4 is 35.6 Å². The topological polar surface area (TPSA) is 200 Å². The van der Waals surface area contributed by atoms with Crippen LogP contribution < -0.4 is 21.2 Å². The summed E-state index contributed by atoms with van der Waals surface area (Å²) in [5, 5.41) is 7.42. The maximum atomic E-state index is 13.2. The maximum Gasteiger partial charge on any atom is 0.315 e. The molecule has 2 saturated carbocycles. The van der Waals surface area contributed by atoms with Gasteiger partial charge in [0.05, 0.1) is 17.5 Å². The number of rotatable bonds is 5. The van der Waals surface area contributed by atoms with E-state index < -0.39 is 5.97 Å². The van der Waals surface area contributed by atoms with Gasteiger partial charge in [-0.2, -0.15) is 0 Å². The van der Waals surface area contributed by atoms with Crippen molar-refractivity contribution in [3.8, 4) is 5.75 Å². The number of esters is 2. The molecule has 4 atom stereocenters. The van der Waals surface area contributed by atoms with Gasteiger partial charge in [-0.15, -0.1) is 0 Å². The third-order valence-corrected chi connectivity index (χ3v) is 9.17. The van der Waals surface area contributed by atoms with Gasteiger partial charge in [-0.3, -0.25) is 14.4 Å². The van der Waals surface area contributed by atoms with Crippen LogP contribution >= 0.6 is 0 Å². The number of hydrogen-bond donors (Lipinski definition) is 3. The predicted octanol–water partition coefficient (Wildman–Crippen LogP) is 4.87. The molecule has 0 spiro atoms. The number of aromatic nitrogens is 1. The molecule has 4 rings (SSSR count). The zero-order valence-electron chi connectivity index (χ0n) is 27.9. The molecule has 2 heterocycles. The van der Waals surface area contributed by atoms with Gasteiger partial charge in [0.1, 0.15) is 5.75 Å². The van der Waals surface area contributed by atoms with Crippen molar-refractivity contribution in [3.63, 3.8) is 0 Å². The van der Waals surface area contributed by atoms with Crippen LogP contribution in [0.15, 0.2) is 22.0 Å². The number of nitrogens with zero attached hydrogens (tertiary/aromatic N) is 2. The first kappa shape index (κ1) is 39.9. The summed E-state index contributed by atoms with van der Waals surface area (Å²) in [5.41, 5.74) is 14.8. The van der Waals surface area contributed by atoms with E-state index in [-0.39, 0.29) is 81.4 Å². The average molecular weight is 675 g/mol. The molecule has 2 aliphatic carbocycles. The van der Waals surface area contributed by atoms with Gasteiger partial charge in [0.25, 0.3) is 5.97 Å². The van der Waals surface area contributed by atoms with Gasteiger partial charge in [-0.25, -0.2) is 4.99 Å². The fraction of sp³-hybridized carbons (Fsp3) is 0.636. The molecule has 4 unspecified atom stereocenters. The van der Waals surface area contributed by atoms with E-state index in [2.05, 4.69) is 51.5 Å². The molecule has 7 N–H and O–H groups in total. The molecule has 255 valence electrons. The number of anilines is 1. The summed E-state index contributed by atoms with van der Waals surface area (Å²) in [6.45, 7) is 17.7. The van der Waals surface area contributed by atoms with Crippen LogP contribution in [-0.4, -0.2) is 34.3 Å². The van der Waals surface area contributed by atoms with Gasteiger partial charge in [0, 0.05) is 29.3 Å². The number of carboxylic acids is 1. The smallest absolute Gasteiger partial charge is 0.315 e. The molecule has 0 amide bonds. The van der Waals surface area contributed by atoms with E-state index in [0.717, 1.165) is 32.6 Å². The monoisotopic (exact) mass is 674 g/mol. The molecule has 0 bridgehead atoms. The molecule has 12 heteroatoms. The van der Waals surface area contributed by atoms with Crippen molar-refractivity contribution in [1.82, 2.24) is 4.98 Å². The number of carboxylic acid groups (broad SMARTS) is 1. The number of allylic oxidation sites excluding steroid dienone is 1. The molecular formula is C33H51CoN4O7-. The predicted molar refractivity (Wildman–Crippen MR) is 170 cm³/mol. The number of aliphatic imine (C=N–C) groups is 1. The Morgan fingerprint density at radius 1 is 0.844 bits per heavy atom. The molecule has 1 aromatic heterocycles. The molecule has 0 aromatic carbocycles. The minimum atomic E-state index is -0.833. The van der Waals surface area contributed by atoms with Crippen LogP contribution in [0, 0.1) is 54.3 Å². The Hall–Kier alpha value is -3.09. The summed E-state index contributed by atoms with van der Waals surface area (Å²) in [4.78, 5) is 44.2. The van der Waals surface area contributed by atoms with Crippen molar-refractivity contribution in [2.45, 2.75) is 88.0 Å². The first-order valence-corrected chi connectivity index (χ1v) is 15.3. The van der Waals surface area contributed by atoms with Crippen LogP contribution in [0.2, 0.25) is 0 Å². The van der Waals surface area contributed by atoms with E-state index in [4.69, 9.17) is 30.8 Å². The molecule has 11 nitrogen and oxygen atoms in total. The maximum absolute atomic E-state index is 13.2. The quantitative estimate of drug-likeness (QED) is 0.365. The number of nitrogens with two attached hydrogens (primary N) is 2. The van der Waals surface area contributed by atoms with Crippen molar-refractivity contribution in [1.29, 1.82) is 0 Å². The largest absolute Gasteiger partial charge is 0.492 e. The zero-order chi connectivity index (χ0) is 32.3. The fourth-order valence-corrected chi connectivity index (χ4v) is 7.52. The van der Waals surface area contributed by atoms with Gasteiger partial charge in [0.15, 0.2) is 11.6 Å². The van der Waals surface area contributed by atoms with Crippen molar-refractivity contribution in [3.05, 3.63) is 28.3 Å². The van der Waals surface area contributed by atoms with E-state index in [0.29, 0.717) is 45.9 Å². The first-order chi connectivity index (χ1) is 20.0. The summed E-state index contributed by atoms with van der Waals surface area (Å²) in [5.74, 6) is 1.41. The number of amidine groups is 1. The van der Waals surface area contributed by atoms with E-state index in [1.807, 2.05) is 13.8 Å². The Morgan fingerprint density at radius 3 is 1.67 bits per heavy atom. The molecule has 2 fully saturated rings. The minimum absolute atomic E-state index is 0. The Kier molecular flexibility index (Phi) is 14.6. The second-order valence-corrected chi connectivity index (χ2v) is 13.3. The van der Waals surface area contributed by atoms with E-state index in [1.165, 1.54) is 0 Å². The Balaban J connectivity index is 0.00000159. The van der Waals surface area contributed by atoms with E-state index in [1.54, 1.807) is 6.08 Å². The summed E-state index contributed by atoms with van der Waals surface area (Å²) < 4.78 is 11.7. The number of ether oxygens (including phenoxy) is 2. The second-order valence-electron chi connectivity index (χ2n) is 13.3. The van der Waals surface area contributed by atoms with E-state index >= 15 is 0 Å². The van der Waals surface area contributed by atoms with Crippen LogP contribution in [0.1, 0.15) is 92.3 Å². The van der Waals surface area contributed by atoms with Crippen LogP contribution in [0.5, 0.6) is 5.75 Å². The SMILES string of the molecule is CC(=O)O.CC1=C(OC(=O)C2C(C)CC(C)CC2C)C(N)=N/C1=C\c1[n-]c(N)c(OC(=O)C2C(C)CC(C)CC2C)c1C.O.[Co]. The minimum Gasteiger partial charge on any atom is -0.492 e.